The molecule has 0 radical (unpaired) electrons. The van der Waals surface area contributed by atoms with Gasteiger partial charge in [0.2, 0.25) is 0 Å². The molecule has 2 N–H and O–H groups in total. The Morgan fingerprint density at radius 2 is 1.95 bits per heavy atom. The van der Waals surface area contributed by atoms with E-state index in [1.54, 1.807) is 6.92 Å². The largest absolute Gasteiger partial charge is 0.480 e. The molecular weight excluding hydrogens is 282 g/mol. The average Bonchev–Trinajstić information content (AvgIpc) is 2.44. The van der Waals surface area contributed by atoms with Gasteiger partial charge in [-0.3, -0.25) is 4.79 Å². The van der Waals surface area contributed by atoms with E-state index in [1.165, 1.54) is 31.2 Å². The monoisotopic (exact) mass is 299 g/mol. The van der Waals surface area contributed by atoms with Crippen molar-refractivity contribution in [1.82, 2.24) is 5.32 Å². The van der Waals surface area contributed by atoms with Crippen LogP contribution in [0.4, 0.5) is 0 Å². The van der Waals surface area contributed by atoms with Gasteiger partial charge in [0.1, 0.15) is 6.04 Å². The highest BCUT2D eigenvalue weighted by molar-refractivity contribution is 7.91. The van der Waals surface area contributed by atoms with E-state index in [4.69, 9.17) is 5.11 Å². The lowest BCUT2D eigenvalue weighted by molar-refractivity contribution is -0.139. The second kappa shape index (κ2) is 6.51. The first-order valence-electron chi connectivity index (χ1n) is 6.18. The molecule has 1 atom stereocenters. The Balaban J connectivity index is 3.01. The summed E-state index contributed by atoms with van der Waals surface area (Å²) in [5.41, 5.74) is 0.124. The van der Waals surface area contributed by atoms with Crippen LogP contribution in [0.3, 0.4) is 0 Å². The van der Waals surface area contributed by atoms with Gasteiger partial charge in [-0.15, -0.1) is 0 Å². The Morgan fingerprint density at radius 3 is 2.45 bits per heavy atom. The molecule has 6 nitrogen and oxygen atoms in total. The van der Waals surface area contributed by atoms with E-state index in [9.17, 15) is 18.0 Å². The molecule has 0 unspecified atom stereocenters. The second-order valence-corrected chi connectivity index (χ2v) is 6.48. The third-order valence-corrected chi connectivity index (χ3v) is 4.58. The van der Waals surface area contributed by atoms with Gasteiger partial charge in [-0.05, 0) is 24.6 Å². The molecule has 0 bridgehead atoms. The molecular formula is C13H17NO5S. The number of rotatable bonds is 6. The van der Waals surface area contributed by atoms with Gasteiger partial charge in [-0.2, -0.15) is 0 Å². The number of nitrogens with one attached hydrogen (secondary N) is 1. The van der Waals surface area contributed by atoms with E-state index in [1.807, 2.05) is 0 Å². The van der Waals surface area contributed by atoms with Crippen molar-refractivity contribution in [3.8, 4) is 0 Å². The van der Waals surface area contributed by atoms with E-state index < -0.39 is 27.8 Å². The van der Waals surface area contributed by atoms with Crippen molar-refractivity contribution in [2.24, 2.45) is 0 Å². The molecule has 0 aliphatic heterocycles. The molecule has 0 aromatic heterocycles. The molecule has 20 heavy (non-hydrogen) atoms. The highest BCUT2D eigenvalue weighted by Gasteiger charge is 2.20. The van der Waals surface area contributed by atoms with Gasteiger partial charge in [-0.25, -0.2) is 13.2 Å². The van der Waals surface area contributed by atoms with E-state index in [-0.39, 0.29) is 22.6 Å². The summed E-state index contributed by atoms with van der Waals surface area (Å²) in [6.07, 6.45) is 0.244. The number of carboxylic acids is 1. The molecule has 0 saturated heterocycles. The van der Waals surface area contributed by atoms with Crippen molar-refractivity contribution in [2.75, 3.05) is 5.75 Å². The quantitative estimate of drug-likeness (QED) is 0.818. The van der Waals surface area contributed by atoms with E-state index in [2.05, 4.69) is 5.32 Å². The van der Waals surface area contributed by atoms with Gasteiger partial charge < -0.3 is 10.4 Å². The van der Waals surface area contributed by atoms with E-state index in [0.29, 0.717) is 0 Å². The molecule has 0 spiro atoms. The Morgan fingerprint density at radius 1 is 1.30 bits per heavy atom. The number of benzene rings is 1. The Hall–Kier alpha value is -1.89. The lowest BCUT2D eigenvalue weighted by Gasteiger charge is -2.12. The smallest absolute Gasteiger partial charge is 0.326 e. The van der Waals surface area contributed by atoms with Gasteiger partial charge in [0.15, 0.2) is 9.84 Å². The average molecular weight is 299 g/mol. The molecule has 1 rings (SSSR count). The first kappa shape index (κ1) is 16.2. The maximum Gasteiger partial charge on any atom is 0.326 e. The van der Waals surface area contributed by atoms with Crippen LogP contribution >= 0.6 is 0 Å². The van der Waals surface area contributed by atoms with Crippen LogP contribution in [0.5, 0.6) is 0 Å². The zero-order chi connectivity index (χ0) is 15.3. The topological polar surface area (TPSA) is 101 Å². The van der Waals surface area contributed by atoms with Crippen LogP contribution in [0.1, 0.15) is 30.6 Å². The highest BCUT2D eigenvalue weighted by atomic mass is 32.2. The van der Waals surface area contributed by atoms with Crippen LogP contribution in [0.25, 0.3) is 0 Å². The minimum Gasteiger partial charge on any atom is -0.480 e. The SMILES string of the molecule is CC[C@H](NC(=O)c1cccc(S(=O)(=O)CC)c1)C(=O)O. The number of sulfone groups is 1. The summed E-state index contributed by atoms with van der Waals surface area (Å²) in [4.78, 5) is 22.8. The van der Waals surface area contributed by atoms with Gasteiger partial charge in [0.25, 0.3) is 5.91 Å². The van der Waals surface area contributed by atoms with Gasteiger partial charge in [0.05, 0.1) is 10.6 Å². The Bertz CT molecular complexity index is 609. The molecule has 0 heterocycles. The molecule has 0 saturated carbocycles. The molecule has 0 aliphatic rings. The third-order valence-electron chi connectivity index (χ3n) is 2.85. The third kappa shape index (κ3) is 3.80. The standard InChI is InChI=1S/C13H17NO5S/c1-3-11(13(16)17)14-12(15)9-6-5-7-10(8-9)20(18,19)4-2/h5-8,11H,3-4H2,1-2H3,(H,14,15)(H,16,17)/t11-/m0/s1. The summed E-state index contributed by atoms with van der Waals surface area (Å²) in [6, 6.07) is 4.57. The van der Waals surface area contributed by atoms with Gasteiger partial charge in [0, 0.05) is 5.56 Å². The normalized spacial score (nSPS) is 12.7. The molecule has 1 aromatic carbocycles. The number of amides is 1. The predicted molar refractivity (Wildman–Crippen MR) is 73.3 cm³/mol. The Labute approximate surface area is 117 Å². The van der Waals surface area contributed by atoms with Crippen molar-refractivity contribution in [2.45, 2.75) is 31.2 Å². The summed E-state index contributed by atoms with van der Waals surface area (Å²) in [6.45, 7) is 3.15. The minimum absolute atomic E-state index is 0.0519. The van der Waals surface area contributed by atoms with Crippen molar-refractivity contribution >= 4 is 21.7 Å². The van der Waals surface area contributed by atoms with Crippen LogP contribution in [0, 0.1) is 0 Å². The molecule has 1 aromatic rings. The summed E-state index contributed by atoms with van der Waals surface area (Å²) >= 11 is 0. The van der Waals surface area contributed by atoms with Gasteiger partial charge >= 0.3 is 5.97 Å². The van der Waals surface area contributed by atoms with E-state index in [0.717, 1.165) is 0 Å². The number of carbonyl (C=O) groups excluding carboxylic acids is 1. The van der Waals surface area contributed by atoms with Crippen LogP contribution in [-0.4, -0.2) is 37.2 Å². The molecule has 0 fully saturated rings. The van der Waals surface area contributed by atoms with Crippen LogP contribution in [-0.2, 0) is 14.6 Å². The zero-order valence-corrected chi connectivity index (χ0v) is 12.1. The predicted octanol–water partition coefficient (Wildman–Crippen LogP) is 1.07. The molecule has 0 aliphatic carbocycles. The summed E-state index contributed by atoms with van der Waals surface area (Å²) in [5.74, 6) is -1.80. The number of hydrogen-bond acceptors (Lipinski definition) is 4. The fraction of sp³-hybridized carbons (Fsp3) is 0.385. The first-order valence-corrected chi connectivity index (χ1v) is 7.83. The van der Waals surface area contributed by atoms with E-state index >= 15 is 0 Å². The number of carbonyl (C=O) groups is 2. The number of aliphatic carboxylic acids is 1. The molecule has 110 valence electrons. The molecule has 7 heteroatoms. The lowest BCUT2D eigenvalue weighted by Crippen LogP contribution is -2.40. The minimum atomic E-state index is -3.40. The fourth-order valence-electron chi connectivity index (χ4n) is 1.58. The lowest BCUT2D eigenvalue weighted by atomic mass is 10.1. The number of hydrogen-bond donors (Lipinski definition) is 2. The van der Waals surface area contributed by atoms with Crippen molar-refractivity contribution in [3.05, 3.63) is 29.8 Å². The van der Waals surface area contributed by atoms with Crippen molar-refractivity contribution in [3.63, 3.8) is 0 Å². The van der Waals surface area contributed by atoms with Gasteiger partial charge in [-0.1, -0.05) is 19.9 Å². The Kier molecular flexibility index (Phi) is 5.26. The maximum atomic E-state index is 11.9. The maximum absolute atomic E-state index is 11.9. The van der Waals surface area contributed by atoms with Crippen LogP contribution in [0.2, 0.25) is 0 Å². The van der Waals surface area contributed by atoms with Crippen LogP contribution in [0.15, 0.2) is 29.2 Å². The number of carboxylic acid groups (broad SMARTS) is 1. The second-order valence-electron chi connectivity index (χ2n) is 4.20. The summed E-state index contributed by atoms with van der Waals surface area (Å²) in [5, 5.41) is 11.2. The van der Waals surface area contributed by atoms with Crippen molar-refractivity contribution < 1.29 is 23.1 Å². The zero-order valence-electron chi connectivity index (χ0n) is 11.3. The van der Waals surface area contributed by atoms with Crippen molar-refractivity contribution in [1.29, 1.82) is 0 Å². The highest BCUT2D eigenvalue weighted by Crippen LogP contribution is 2.13. The summed E-state index contributed by atoms with van der Waals surface area (Å²) < 4.78 is 23.5. The van der Waals surface area contributed by atoms with Crippen LogP contribution < -0.4 is 5.32 Å². The first-order chi connectivity index (χ1) is 9.31. The fourth-order valence-corrected chi connectivity index (χ4v) is 2.50. The summed E-state index contributed by atoms with van der Waals surface area (Å²) in [7, 11) is -3.40. The molecule has 1 amide bonds.